The molecule has 0 radical (unpaired) electrons. The highest BCUT2D eigenvalue weighted by Crippen LogP contribution is 2.23. The van der Waals surface area contributed by atoms with E-state index in [-0.39, 0.29) is 6.04 Å². The number of aryl methyl sites for hydroxylation is 1. The molecule has 2 N–H and O–H groups in total. The van der Waals surface area contributed by atoms with Crippen molar-refractivity contribution in [2.45, 2.75) is 58.4 Å². The summed E-state index contributed by atoms with van der Waals surface area (Å²) < 4.78 is 26.7. The Morgan fingerprint density at radius 2 is 1.72 bits per heavy atom. The van der Waals surface area contributed by atoms with Crippen molar-refractivity contribution in [1.82, 2.24) is 0 Å². The Morgan fingerprint density at radius 1 is 1.06 bits per heavy atom. The van der Waals surface area contributed by atoms with Gasteiger partial charge in [0.1, 0.15) is 11.6 Å². The molecular weight excluding hydrogens is 232 g/mol. The van der Waals surface area contributed by atoms with Crippen molar-refractivity contribution in [2.75, 3.05) is 0 Å². The van der Waals surface area contributed by atoms with Gasteiger partial charge in [-0.1, -0.05) is 39.0 Å². The second-order valence-corrected chi connectivity index (χ2v) is 4.93. The molecule has 18 heavy (non-hydrogen) atoms. The molecule has 1 aromatic carbocycles. The fourth-order valence-corrected chi connectivity index (χ4v) is 2.09. The van der Waals surface area contributed by atoms with Gasteiger partial charge in [-0.3, -0.25) is 0 Å². The van der Waals surface area contributed by atoms with Crippen LogP contribution in [0.2, 0.25) is 0 Å². The summed E-state index contributed by atoms with van der Waals surface area (Å²) in [6.07, 6.45) is 6.53. The van der Waals surface area contributed by atoms with Gasteiger partial charge in [-0.2, -0.15) is 0 Å². The van der Waals surface area contributed by atoms with Gasteiger partial charge in [0, 0.05) is 17.7 Å². The summed E-state index contributed by atoms with van der Waals surface area (Å²) in [5, 5.41) is 0. The zero-order valence-corrected chi connectivity index (χ0v) is 11.3. The van der Waals surface area contributed by atoms with Crippen LogP contribution in [0.5, 0.6) is 0 Å². The van der Waals surface area contributed by atoms with Crippen molar-refractivity contribution in [2.24, 2.45) is 5.73 Å². The molecule has 3 heteroatoms. The van der Waals surface area contributed by atoms with Crippen LogP contribution in [0.25, 0.3) is 0 Å². The van der Waals surface area contributed by atoms with E-state index in [1.807, 2.05) is 0 Å². The minimum Gasteiger partial charge on any atom is -0.324 e. The number of nitrogens with two attached hydrogens (primary N) is 1. The Morgan fingerprint density at radius 3 is 2.39 bits per heavy atom. The molecule has 0 aliphatic heterocycles. The van der Waals surface area contributed by atoms with E-state index in [0.29, 0.717) is 11.1 Å². The van der Waals surface area contributed by atoms with Crippen LogP contribution in [0.1, 0.15) is 62.6 Å². The molecular formula is C15H23F2N. The Bertz CT molecular complexity index is 377. The van der Waals surface area contributed by atoms with Gasteiger partial charge in [0.15, 0.2) is 0 Å². The van der Waals surface area contributed by atoms with Crippen LogP contribution in [0.3, 0.4) is 0 Å². The number of rotatable bonds is 7. The highest BCUT2D eigenvalue weighted by Gasteiger charge is 2.13. The summed E-state index contributed by atoms with van der Waals surface area (Å²) in [4.78, 5) is 0. The Labute approximate surface area is 108 Å². The van der Waals surface area contributed by atoms with E-state index >= 15 is 0 Å². The standard InChI is InChI=1S/C15H23F2N/c1-3-4-5-6-7-8-15(18)12-9-11(2)13(16)10-14(12)17/h9-10,15H,3-8,18H2,1-2H3. The maximum atomic E-state index is 13.6. The molecule has 0 heterocycles. The van der Waals surface area contributed by atoms with E-state index in [2.05, 4.69) is 6.92 Å². The largest absolute Gasteiger partial charge is 0.324 e. The lowest BCUT2D eigenvalue weighted by atomic mass is 9.98. The number of hydrogen-bond donors (Lipinski definition) is 1. The van der Waals surface area contributed by atoms with Gasteiger partial charge in [0.2, 0.25) is 0 Å². The lowest BCUT2D eigenvalue weighted by molar-refractivity contribution is 0.517. The van der Waals surface area contributed by atoms with Crippen LogP contribution in [0, 0.1) is 18.6 Å². The summed E-state index contributed by atoms with van der Waals surface area (Å²) in [5.41, 5.74) is 6.85. The molecule has 0 aliphatic carbocycles. The summed E-state index contributed by atoms with van der Waals surface area (Å²) >= 11 is 0. The number of halogens is 2. The molecule has 0 aliphatic rings. The quantitative estimate of drug-likeness (QED) is 0.706. The highest BCUT2D eigenvalue weighted by atomic mass is 19.1. The Balaban J connectivity index is 2.51. The van der Waals surface area contributed by atoms with Crippen molar-refractivity contribution in [3.05, 3.63) is 34.9 Å². The first-order valence-corrected chi connectivity index (χ1v) is 6.77. The molecule has 0 bridgehead atoms. The fraction of sp³-hybridized carbons (Fsp3) is 0.600. The molecule has 0 saturated heterocycles. The molecule has 0 spiro atoms. The fourth-order valence-electron chi connectivity index (χ4n) is 2.09. The van der Waals surface area contributed by atoms with Gasteiger partial charge in [-0.05, 0) is 25.0 Å². The van der Waals surface area contributed by atoms with Crippen LogP contribution in [0.15, 0.2) is 12.1 Å². The first-order valence-electron chi connectivity index (χ1n) is 6.77. The molecule has 1 aromatic rings. The molecule has 102 valence electrons. The van der Waals surface area contributed by atoms with Gasteiger partial charge < -0.3 is 5.73 Å². The van der Waals surface area contributed by atoms with Gasteiger partial charge >= 0.3 is 0 Å². The Kier molecular flexibility index (Phi) is 6.27. The molecule has 0 aromatic heterocycles. The molecule has 0 amide bonds. The molecule has 1 unspecified atom stereocenters. The van der Waals surface area contributed by atoms with E-state index in [4.69, 9.17) is 5.73 Å². The van der Waals surface area contributed by atoms with Crippen molar-refractivity contribution in [3.63, 3.8) is 0 Å². The average molecular weight is 255 g/mol. The third kappa shape index (κ3) is 4.37. The minimum atomic E-state index is -0.529. The Hall–Kier alpha value is -0.960. The zero-order valence-electron chi connectivity index (χ0n) is 11.3. The van der Waals surface area contributed by atoms with Crippen LogP contribution in [0.4, 0.5) is 8.78 Å². The molecule has 1 atom stereocenters. The monoisotopic (exact) mass is 255 g/mol. The lowest BCUT2D eigenvalue weighted by Crippen LogP contribution is -2.13. The van der Waals surface area contributed by atoms with Gasteiger partial charge in [0.05, 0.1) is 0 Å². The summed E-state index contributed by atoms with van der Waals surface area (Å²) in [6.45, 7) is 3.80. The van der Waals surface area contributed by atoms with E-state index in [0.717, 1.165) is 25.3 Å². The predicted molar refractivity (Wildman–Crippen MR) is 71.4 cm³/mol. The summed E-state index contributed by atoms with van der Waals surface area (Å²) in [5.74, 6) is -1.04. The third-order valence-corrected chi connectivity index (χ3v) is 3.30. The van der Waals surface area contributed by atoms with E-state index < -0.39 is 11.6 Å². The van der Waals surface area contributed by atoms with Gasteiger partial charge in [0.25, 0.3) is 0 Å². The molecule has 1 nitrogen and oxygen atoms in total. The topological polar surface area (TPSA) is 26.0 Å². The number of unbranched alkanes of at least 4 members (excludes halogenated alkanes) is 4. The van der Waals surface area contributed by atoms with Crippen LogP contribution >= 0.6 is 0 Å². The predicted octanol–water partition coefficient (Wildman–Crippen LogP) is 4.63. The first kappa shape index (κ1) is 15.1. The second kappa shape index (κ2) is 7.47. The first-order chi connectivity index (χ1) is 8.56. The smallest absolute Gasteiger partial charge is 0.130 e. The molecule has 1 rings (SSSR count). The minimum absolute atomic E-state index is 0.328. The van der Waals surface area contributed by atoms with Crippen LogP contribution in [-0.4, -0.2) is 0 Å². The second-order valence-electron chi connectivity index (χ2n) is 4.93. The van der Waals surface area contributed by atoms with Crippen molar-refractivity contribution in [1.29, 1.82) is 0 Å². The van der Waals surface area contributed by atoms with E-state index in [1.54, 1.807) is 6.92 Å². The molecule has 0 saturated carbocycles. The highest BCUT2D eigenvalue weighted by molar-refractivity contribution is 5.27. The number of hydrogen-bond acceptors (Lipinski definition) is 1. The van der Waals surface area contributed by atoms with Crippen LogP contribution < -0.4 is 5.73 Å². The number of benzene rings is 1. The van der Waals surface area contributed by atoms with Crippen molar-refractivity contribution < 1.29 is 8.78 Å². The van der Waals surface area contributed by atoms with Gasteiger partial charge in [-0.25, -0.2) is 8.78 Å². The van der Waals surface area contributed by atoms with Crippen molar-refractivity contribution >= 4 is 0 Å². The SMILES string of the molecule is CCCCCCCC(N)c1cc(C)c(F)cc1F. The van der Waals surface area contributed by atoms with Crippen molar-refractivity contribution in [3.8, 4) is 0 Å². The van der Waals surface area contributed by atoms with E-state index in [1.165, 1.54) is 25.3 Å². The zero-order chi connectivity index (χ0) is 13.5. The normalized spacial score (nSPS) is 12.7. The maximum Gasteiger partial charge on any atom is 0.130 e. The van der Waals surface area contributed by atoms with Crippen LogP contribution in [-0.2, 0) is 0 Å². The molecule has 0 fully saturated rings. The third-order valence-electron chi connectivity index (χ3n) is 3.30. The maximum absolute atomic E-state index is 13.6. The lowest BCUT2D eigenvalue weighted by Gasteiger charge is -2.14. The average Bonchev–Trinajstić information content (AvgIpc) is 2.33. The summed E-state index contributed by atoms with van der Waals surface area (Å²) in [7, 11) is 0. The summed E-state index contributed by atoms with van der Waals surface area (Å²) in [6, 6.07) is 2.13. The van der Waals surface area contributed by atoms with Gasteiger partial charge in [-0.15, -0.1) is 0 Å². The van der Waals surface area contributed by atoms with E-state index in [9.17, 15) is 8.78 Å².